The highest BCUT2D eigenvalue weighted by Gasteiger charge is 2.23. The predicted octanol–water partition coefficient (Wildman–Crippen LogP) is 4.72. The van der Waals surface area contributed by atoms with E-state index in [1.165, 1.54) is 4.57 Å². The van der Waals surface area contributed by atoms with Gasteiger partial charge in [0, 0.05) is 29.6 Å². The molecule has 0 unspecified atom stereocenters. The van der Waals surface area contributed by atoms with Gasteiger partial charge in [-0.05, 0) is 44.7 Å². The monoisotopic (exact) mass is 491 g/mol. The largest absolute Gasteiger partial charge is 0.372 e. The Morgan fingerprint density at radius 3 is 2.60 bits per heavy atom. The molecule has 1 N–H and O–H groups in total. The van der Waals surface area contributed by atoms with E-state index in [4.69, 9.17) is 4.74 Å². The topological polar surface area (TPSA) is 82.2 Å². The lowest BCUT2D eigenvalue weighted by Gasteiger charge is -2.29. The van der Waals surface area contributed by atoms with Crippen molar-refractivity contribution in [2.24, 2.45) is 0 Å². The summed E-state index contributed by atoms with van der Waals surface area (Å²) in [5, 5.41) is 7.86. The standard InChI is InChI=1S/C23H25F4N7O/c1-13-30-22-18(33(13)11-20(24)25)8-14(9-28-22)17-6-7-34-19(17)10-29-23(32-34)31-15-2-4-16(5-3-15)35-12-21(26)27/h6-10,15-16,20-21H,2-5,11-12H2,1H3,(H,31,32)/t15-,16+. The number of rotatable bonds is 8. The summed E-state index contributed by atoms with van der Waals surface area (Å²) in [7, 11) is 0. The Morgan fingerprint density at radius 1 is 1.06 bits per heavy atom. The molecule has 8 nitrogen and oxygen atoms in total. The van der Waals surface area contributed by atoms with Crippen molar-refractivity contribution in [2.45, 2.75) is 64.1 Å². The zero-order valence-corrected chi connectivity index (χ0v) is 19.0. The Bertz CT molecular complexity index is 1310. The van der Waals surface area contributed by atoms with Crippen molar-refractivity contribution in [3.05, 3.63) is 36.5 Å². The molecule has 35 heavy (non-hydrogen) atoms. The van der Waals surface area contributed by atoms with E-state index in [0.717, 1.165) is 29.5 Å². The van der Waals surface area contributed by atoms with Gasteiger partial charge in [-0.2, -0.15) is 0 Å². The van der Waals surface area contributed by atoms with Gasteiger partial charge in [0.1, 0.15) is 12.4 Å². The summed E-state index contributed by atoms with van der Waals surface area (Å²) >= 11 is 0. The van der Waals surface area contributed by atoms with Crippen LogP contribution in [0.25, 0.3) is 27.8 Å². The Kier molecular flexibility index (Phi) is 6.54. The van der Waals surface area contributed by atoms with Crippen LogP contribution in [0.15, 0.2) is 30.7 Å². The van der Waals surface area contributed by atoms with Gasteiger partial charge in [-0.1, -0.05) is 0 Å². The Hall–Kier alpha value is -3.28. The molecule has 1 saturated carbocycles. The average Bonchev–Trinajstić information content (AvgIpc) is 3.38. The van der Waals surface area contributed by atoms with Gasteiger partial charge >= 0.3 is 0 Å². The second-order valence-electron chi connectivity index (χ2n) is 8.71. The van der Waals surface area contributed by atoms with Crippen molar-refractivity contribution < 1.29 is 22.3 Å². The zero-order valence-electron chi connectivity index (χ0n) is 19.0. The maximum atomic E-state index is 13.0. The third kappa shape index (κ3) is 5.07. The first-order valence-electron chi connectivity index (χ1n) is 11.5. The highest BCUT2D eigenvalue weighted by atomic mass is 19.3. The fraction of sp³-hybridized carbons (Fsp3) is 0.478. The first-order valence-corrected chi connectivity index (χ1v) is 11.5. The Balaban J connectivity index is 1.32. The smallest absolute Gasteiger partial charge is 0.261 e. The van der Waals surface area contributed by atoms with E-state index in [0.29, 0.717) is 35.8 Å². The maximum absolute atomic E-state index is 13.0. The number of hydrogen-bond donors (Lipinski definition) is 1. The molecule has 4 aromatic rings. The van der Waals surface area contributed by atoms with Crippen LogP contribution in [0.3, 0.4) is 0 Å². The third-order valence-corrected chi connectivity index (χ3v) is 6.31. The Labute approximate surface area is 198 Å². The summed E-state index contributed by atoms with van der Waals surface area (Å²) in [5.41, 5.74) is 3.30. The molecular formula is C23H25F4N7O. The lowest BCUT2D eigenvalue weighted by Crippen LogP contribution is -2.31. The van der Waals surface area contributed by atoms with E-state index in [-0.39, 0.29) is 12.1 Å². The number of ether oxygens (including phenoxy) is 1. The molecule has 12 heteroatoms. The van der Waals surface area contributed by atoms with E-state index < -0.39 is 26.0 Å². The van der Waals surface area contributed by atoms with Gasteiger partial charge in [0.05, 0.1) is 29.9 Å². The van der Waals surface area contributed by atoms with Crippen molar-refractivity contribution in [1.82, 2.24) is 29.1 Å². The lowest BCUT2D eigenvalue weighted by atomic mass is 9.93. The summed E-state index contributed by atoms with van der Waals surface area (Å²) in [6.07, 6.45) is 3.07. The molecule has 0 aromatic carbocycles. The molecule has 0 saturated heterocycles. The second-order valence-corrected chi connectivity index (χ2v) is 8.71. The van der Waals surface area contributed by atoms with E-state index in [1.807, 2.05) is 6.07 Å². The normalized spacial score (nSPS) is 18.8. The minimum atomic E-state index is -2.50. The fourth-order valence-corrected chi connectivity index (χ4v) is 4.61. The summed E-state index contributed by atoms with van der Waals surface area (Å²) < 4.78 is 59.2. The molecule has 1 fully saturated rings. The zero-order chi connectivity index (χ0) is 24.5. The van der Waals surface area contributed by atoms with Crippen LogP contribution in [-0.4, -0.2) is 60.7 Å². The number of pyridine rings is 1. The van der Waals surface area contributed by atoms with Crippen molar-refractivity contribution in [1.29, 1.82) is 0 Å². The number of anilines is 1. The number of nitrogens with zero attached hydrogens (tertiary/aromatic N) is 6. The van der Waals surface area contributed by atoms with Gasteiger partial charge < -0.3 is 14.6 Å². The number of fused-ring (bicyclic) bond motifs is 2. The molecule has 0 spiro atoms. The SMILES string of the molecule is Cc1nc2ncc(-c3ccn4nc(N[C@H]5CC[C@@H](OCC(F)F)CC5)ncc34)cc2n1CC(F)F. The molecule has 0 atom stereocenters. The molecule has 1 aliphatic rings. The van der Waals surface area contributed by atoms with E-state index in [1.54, 1.807) is 36.1 Å². The molecule has 0 bridgehead atoms. The van der Waals surface area contributed by atoms with Crippen LogP contribution in [0.2, 0.25) is 0 Å². The summed E-state index contributed by atoms with van der Waals surface area (Å²) in [6, 6.07) is 3.82. The molecular weight excluding hydrogens is 466 g/mol. The van der Waals surface area contributed by atoms with Crippen LogP contribution in [-0.2, 0) is 11.3 Å². The van der Waals surface area contributed by atoms with Gasteiger partial charge in [0.15, 0.2) is 5.65 Å². The van der Waals surface area contributed by atoms with Gasteiger partial charge in [-0.15, -0.1) is 5.10 Å². The first kappa shape index (κ1) is 23.5. The second kappa shape index (κ2) is 9.76. The molecule has 4 heterocycles. The van der Waals surface area contributed by atoms with Gasteiger partial charge in [0.2, 0.25) is 5.95 Å². The van der Waals surface area contributed by atoms with Crippen LogP contribution >= 0.6 is 0 Å². The molecule has 0 aliphatic heterocycles. The van der Waals surface area contributed by atoms with Crippen molar-refractivity contribution in [2.75, 3.05) is 11.9 Å². The number of hydrogen-bond acceptors (Lipinski definition) is 6. The lowest BCUT2D eigenvalue weighted by molar-refractivity contribution is -0.0374. The fourth-order valence-electron chi connectivity index (χ4n) is 4.61. The number of aromatic nitrogens is 6. The maximum Gasteiger partial charge on any atom is 0.261 e. The van der Waals surface area contributed by atoms with Crippen LogP contribution in [0.1, 0.15) is 31.5 Å². The highest BCUT2D eigenvalue weighted by molar-refractivity contribution is 5.85. The van der Waals surface area contributed by atoms with E-state index in [2.05, 4.69) is 25.4 Å². The summed E-state index contributed by atoms with van der Waals surface area (Å²) in [5.74, 6) is 0.955. The van der Waals surface area contributed by atoms with Crippen molar-refractivity contribution >= 4 is 22.6 Å². The van der Waals surface area contributed by atoms with E-state index >= 15 is 0 Å². The van der Waals surface area contributed by atoms with Crippen LogP contribution in [0.5, 0.6) is 0 Å². The van der Waals surface area contributed by atoms with Gasteiger partial charge in [-0.25, -0.2) is 37.0 Å². The van der Waals surface area contributed by atoms with Crippen LogP contribution in [0, 0.1) is 6.92 Å². The number of nitrogens with one attached hydrogen (secondary N) is 1. The minimum Gasteiger partial charge on any atom is -0.372 e. The Morgan fingerprint density at radius 2 is 1.86 bits per heavy atom. The molecule has 4 aromatic heterocycles. The quantitative estimate of drug-likeness (QED) is 0.359. The molecule has 186 valence electrons. The van der Waals surface area contributed by atoms with Crippen LogP contribution < -0.4 is 5.32 Å². The van der Waals surface area contributed by atoms with Crippen molar-refractivity contribution in [3.8, 4) is 11.1 Å². The minimum absolute atomic E-state index is 0.135. The number of imidazole rings is 1. The third-order valence-electron chi connectivity index (χ3n) is 6.31. The van der Waals surface area contributed by atoms with Crippen LogP contribution in [0.4, 0.5) is 23.5 Å². The van der Waals surface area contributed by atoms with Gasteiger partial charge in [0.25, 0.3) is 12.9 Å². The summed E-state index contributed by atoms with van der Waals surface area (Å²) in [4.78, 5) is 13.1. The number of alkyl halides is 4. The predicted molar refractivity (Wildman–Crippen MR) is 122 cm³/mol. The molecule has 5 rings (SSSR count). The number of aryl methyl sites for hydroxylation is 1. The molecule has 1 aliphatic carbocycles. The van der Waals surface area contributed by atoms with E-state index in [9.17, 15) is 17.6 Å². The van der Waals surface area contributed by atoms with Crippen molar-refractivity contribution in [3.63, 3.8) is 0 Å². The first-order chi connectivity index (χ1) is 16.9. The van der Waals surface area contributed by atoms with Gasteiger partial charge in [-0.3, -0.25) is 0 Å². The molecule has 0 radical (unpaired) electrons. The molecule has 0 amide bonds. The summed E-state index contributed by atoms with van der Waals surface area (Å²) in [6.45, 7) is 0.723. The average molecular weight is 491 g/mol. The highest BCUT2D eigenvalue weighted by Crippen LogP contribution is 2.29. The number of halogens is 4.